The number of terminal acetylenes is 1. The molecule has 1 aliphatic heterocycles. The van der Waals surface area contributed by atoms with Gasteiger partial charge in [0, 0.05) is 5.56 Å². The zero-order valence-corrected chi connectivity index (χ0v) is 13.9. The fraction of sp³-hybridized carbons (Fsp3) is 0.333. The van der Waals surface area contributed by atoms with Crippen LogP contribution in [0, 0.1) is 12.3 Å². The molecule has 24 heavy (non-hydrogen) atoms. The molecule has 0 radical (unpaired) electrons. The summed E-state index contributed by atoms with van der Waals surface area (Å²) in [5.41, 5.74) is 4.80. The topological polar surface area (TPSA) is 50.2 Å². The molecular weight excluding hydrogens is 324 g/mol. The number of carbonyl (C=O) groups is 1. The molecule has 122 valence electrons. The van der Waals surface area contributed by atoms with E-state index in [2.05, 4.69) is 11.2 Å². The van der Waals surface area contributed by atoms with Gasteiger partial charge in [0.15, 0.2) is 0 Å². The number of rotatable bonds is 2. The predicted molar refractivity (Wildman–Crippen MR) is 94.9 cm³/mol. The van der Waals surface area contributed by atoms with E-state index in [9.17, 15) is 4.79 Å². The number of anilines is 2. The molecule has 1 aromatic heterocycles. The van der Waals surface area contributed by atoms with E-state index >= 15 is 0 Å². The molecule has 4 rings (SSSR count). The molecule has 2 aromatic rings. The molecule has 0 bridgehead atoms. The molecule has 1 amide bonds. The Morgan fingerprint density at radius 1 is 1.33 bits per heavy atom. The standard InChI is InChI=1S/C18H17ClN4O/c1-2-9-22-11-17(24)20-15-8-7-12(10-16(15)22)23-18(19)13-5-3-4-6-14(13)21-23/h1,7-8,10H,3-6,9,11H2,(H,20,24). The number of aryl methyl sites for hydroxylation is 1. The number of hydrogen-bond acceptors (Lipinski definition) is 3. The summed E-state index contributed by atoms with van der Waals surface area (Å²) in [6.07, 6.45) is 9.72. The number of halogens is 1. The van der Waals surface area contributed by atoms with Crippen LogP contribution in [0.2, 0.25) is 5.15 Å². The van der Waals surface area contributed by atoms with E-state index in [4.69, 9.17) is 23.1 Å². The van der Waals surface area contributed by atoms with Crippen molar-refractivity contribution >= 4 is 28.9 Å². The molecule has 0 saturated carbocycles. The van der Waals surface area contributed by atoms with Crippen LogP contribution in [0.15, 0.2) is 18.2 Å². The molecule has 1 aromatic carbocycles. The average molecular weight is 341 g/mol. The van der Waals surface area contributed by atoms with E-state index in [0.717, 1.165) is 54.0 Å². The van der Waals surface area contributed by atoms with Gasteiger partial charge in [-0.3, -0.25) is 4.79 Å². The lowest BCUT2D eigenvalue weighted by molar-refractivity contribution is -0.115. The Bertz CT molecular complexity index is 865. The summed E-state index contributed by atoms with van der Waals surface area (Å²) in [6, 6.07) is 5.78. The first-order valence-electron chi connectivity index (χ1n) is 8.06. The number of amides is 1. The van der Waals surface area contributed by atoms with Gasteiger partial charge in [-0.15, -0.1) is 6.42 Å². The second-order valence-corrected chi connectivity index (χ2v) is 6.50. The normalized spacial score (nSPS) is 16.2. The first kappa shape index (κ1) is 15.1. The summed E-state index contributed by atoms with van der Waals surface area (Å²) in [4.78, 5) is 13.7. The van der Waals surface area contributed by atoms with Crippen molar-refractivity contribution < 1.29 is 4.79 Å². The molecule has 0 saturated heterocycles. The van der Waals surface area contributed by atoms with Crippen molar-refractivity contribution in [2.45, 2.75) is 25.7 Å². The lowest BCUT2D eigenvalue weighted by Gasteiger charge is -2.29. The minimum Gasteiger partial charge on any atom is -0.349 e. The van der Waals surface area contributed by atoms with E-state index in [1.807, 2.05) is 23.1 Å². The van der Waals surface area contributed by atoms with Crippen LogP contribution in [0.25, 0.3) is 5.69 Å². The van der Waals surface area contributed by atoms with Crippen molar-refractivity contribution in [3.63, 3.8) is 0 Å². The number of nitrogens with one attached hydrogen (secondary N) is 1. The van der Waals surface area contributed by atoms with E-state index in [-0.39, 0.29) is 12.5 Å². The SMILES string of the molecule is C#CCN1CC(=O)Nc2ccc(-n3nc4c(c3Cl)CCCC4)cc21. The fourth-order valence-corrected chi connectivity index (χ4v) is 3.74. The van der Waals surface area contributed by atoms with Gasteiger partial charge in [-0.25, -0.2) is 4.68 Å². The van der Waals surface area contributed by atoms with Crippen molar-refractivity contribution in [1.29, 1.82) is 0 Å². The largest absolute Gasteiger partial charge is 0.349 e. The number of hydrogen-bond donors (Lipinski definition) is 1. The number of benzene rings is 1. The average Bonchev–Trinajstić information content (AvgIpc) is 2.92. The zero-order chi connectivity index (χ0) is 16.7. The van der Waals surface area contributed by atoms with Crippen LogP contribution < -0.4 is 10.2 Å². The van der Waals surface area contributed by atoms with Gasteiger partial charge in [0.25, 0.3) is 0 Å². The highest BCUT2D eigenvalue weighted by molar-refractivity contribution is 6.30. The minimum absolute atomic E-state index is 0.0573. The van der Waals surface area contributed by atoms with Crippen LogP contribution in [0.1, 0.15) is 24.1 Å². The van der Waals surface area contributed by atoms with Crippen molar-refractivity contribution in [1.82, 2.24) is 9.78 Å². The Balaban J connectivity index is 1.78. The van der Waals surface area contributed by atoms with Gasteiger partial charge >= 0.3 is 0 Å². The van der Waals surface area contributed by atoms with Gasteiger partial charge in [0.1, 0.15) is 5.15 Å². The van der Waals surface area contributed by atoms with Gasteiger partial charge in [-0.05, 0) is 43.9 Å². The van der Waals surface area contributed by atoms with Crippen molar-refractivity contribution in [3.8, 4) is 18.0 Å². The molecule has 0 spiro atoms. The van der Waals surface area contributed by atoms with Gasteiger partial charge in [0.2, 0.25) is 5.91 Å². The molecule has 2 aliphatic rings. The van der Waals surface area contributed by atoms with Crippen LogP contribution in [0.3, 0.4) is 0 Å². The third-order valence-corrected chi connectivity index (χ3v) is 4.94. The van der Waals surface area contributed by atoms with Gasteiger partial charge < -0.3 is 10.2 Å². The highest BCUT2D eigenvalue weighted by Gasteiger charge is 2.24. The second kappa shape index (κ2) is 5.88. The summed E-state index contributed by atoms with van der Waals surface area (Å²) >= 11 is 6.57. The third kappa shape index (κ3) is 2.44. The quantitative estimate of drug-likeness (QED) is 0.855. The van der Waals surface area contributed by atoms with Crippen LogP contribution in [0.5, 0.6) is 0 Å². The first-order chi connectivity index (χ1) is 11.7. The maximum Gasteiger partial charge on any atom is 0.243 e. The summed E-state index contributed by atoms with van der Waals surface area (Å²) in [7, 11) is 0. The molecule has 2 heterocycles. The molecule has 1 N–H and O–H groups in total. The van der Waals surface area contributed by atoms with E-state index in [0.29, 0.717) is 11.7 Å². The van der Waals surface area contributed by atoms with Crippen molar-refractivity contribution in [2.75, 3.05) is 23.3 Å². The molecule has 0 atom stereocenters. The Labute approximate surface area is 145 Å². The first-order valence-corrected chi connectivity index (χ1v) is 8.44. The van der Waals surface area contributed by atoms with Gasteiger partial charge in [-0.1, -0.05) is 17.5 Å². The molecule has 5 nitrogen and oxygen atoms in total. The molecule has 1 aliphatic carbocycles. The second-order valence-electron chi connectivity index (χ2n) is 6.14. The Kier molecular flexibility index (Phi) is 3.70. The summed E-state index contributed by atoms with van der Waals surface area (Å²) in [5.74, 6) is 2.55. The number of fused-ring (bicyclic) bond motifs is 2. The number of carbonyl (C=O) groups excluding carboxylic acids is 1. The lowest BCUT2D eigenvalue weighted by Crippen LogP contribution is -2.38. The summed E-state index contributed by atoms with van der Waals surface area (Å²) in [6.45, 7) is 0.636. The molecule has 0 fully saturated rings. The van der Waals surface area contributed by atoms with Crippen LogP contribution in [-0.4, -0.2) is 28.8 Å². The molecule has 0 unspecified atom stereocenters. The van der Waals surface area contributed by atoms with E-state index in [1.54, 1.807) is 4.68 Å². The summed E-state index contributed by atoms with van der Waals surface area (Å²) in [5, 5.41) is 8.26. The Morgan fingerprint density at radius 2 is 2.17 bits per heavy atom. The van der Waals surface area contributed by atoms with Gasteiger partial charge in [0.05, 0.1) is 35.8 Å². The highest BCUT2D eigenvalue weighted by Crippen LogP contribution is 2.34. The lowest BCUT2D eigenvalue weighted by atomic mass is 9.99. The van der Waals surface area contributed by atoms with Gasteiger partial charge in [-0.2, -0.15) is 5.10 Å². The monoisotopic (exact) mass is 340 g/mol. The van der Waals surface area contributed by atoms with Crippen LogP contribution in [0.4, 0.5) is 11.4 Å². The maximum atomic E-state index is 11.8. The van der Waals surface area contributed by atoms with Crippen molar-refractivity contribution in [2.24, 2.45) is 0 Å². The number of aromatic nitrogens is 2. The predicted octanol–water partition coefficient (Wildman–Crippen LogP) is 2.80. The van der Waals surface area contributed by atoms with E-state index in [1.165, 1.54) is 0 Å². The third-order valence-electron chi connectivity index (χ3n) is 4.55. The summed E-state index contributed by atoms with van der Waals surface area (Å²) < 4.78 is 1.79. The van der Waals surface area contributed by atoms with Crippen LogP contribution in [-0.2, 0) is 17.6 Å². The van der Waals surface area contributed by atoms with Crippen molar-refractivity contribution in [3.05, 3.63) is 34.6 Å². The minimum atomic E-state index is -0.0573. The number of nitrogens with zero attached hydrogens (tertiary/aromatic N) is 3. The van der Waals surface area contributed by atoms with Crippen LogP contribution >= 0.6 is 11.6 Å². The fourth-order valence-electron chi connectivity index (χ4n) is 3.40. The Hall–Kier alpha value is -2.45. The van der Waals surface area contributed by atoms with E-state index < -0.39 is 0 Å². The molecule has 6 heteroatoms. The maximum absolute atomic E-state index is 11.8. The zero-order valence-electron chi connectivity index (χ0n) is 13.2. The molecular formula is C18H17ClN4O. The smallest absolute Gasteiger partial charge is 0.243 e. The highest BCUT2D eigenvalue weighted by atomic mass is 35.5. The Morgan fingerprint density at radius 3 is 2.96 bits per heavy atom.